The Morgan fingerprint density at radius 3 is 2.65 bits per heavy atom. The minimum absolute atomic E-state index is 0. The third-order valence-corrected chi connectivity index (χ3v) is 9.22. The number of nitrogens with one attached hydrogen (secondary N) is 1. The first-order chi connectivity index (χ1) is 23.0. The van der Waals surface area contributed by atoms with E-state index in [4.69, 9.17) is 19.0 Å². The number of halogens is 2. The molecule has 0 radical (unpaired) electrons. The quantitative estimate of drug-likeness (QED) is 0.158. The Morgan fingerprint density at radius 2 is 1.92 bits per heavy atom. The molecule has 14 heteroatoms. The van der Waals surface area contributed by atoms with Crippen molar-refractivity contribution in [3.8, 4) is 5.75 Å². The van der Waals surface area contributed by atoms with Crippen molar-refractivity contribution in [1.82, 2.24) is 14.8 Å². The fourth-order valence-corrected chi connectivity index (χ4v) is 6.56. The summed E-state index contributed by atoms with van der Waals surface area (Å²) < 4.78 is 45.1. The van der Waals surface area contributed by atoms with Gasteiger partial charge in [0.25, 0.3) is 11.8 Å². The van der Waals surface area contributed by atoms with E-state index in [2.05, 4.69) is 17.4 Å². The molecule has 262 valence electrons. The lowest BCUT2D eigenvalue weighted by atomic mass is 9.84. The molecule has 1 saturated heterocycles. The molecule has 2 amide bonds. The van der Waals surface area contributed by atoms with E-state index in [1.165, 1.54) is 16.8 Å². The summed E-state index contributed by atoms with van der Waals surface area (Å²) in [6.45, 7) is 5.15. The maximum absolute atomic E-state index is 14.3. The number of rotatable bonds is 13. The topological polar surface area (TPSA) is 138 Å². The second kappa shape index (κ2) is 15.2. The number of ether oxygens (including phenoxy) is 3. The van der Waals surface area contributed by atoms with E-state index in [1.807, 2.05) is 13.8 Å². The average Bonchev–Trinajstić information content (AvgIpc) is 3.39. The molecule has 48 heavy (non-hydrogen) atoms. The van der Waals surface area contributed by atoms with Gasteiger partial charge < -0.3 is 33.8 Å². The minimum Gasteiger partial charge on any atom is -0.451 e. The van der Waals surface area contributed by atoms with Crippen molar-refractivity contribution in [3.63, 3.8) is 0 Å². The molecule has 1 fully saturated rings. The number of oxime groups is 1. The van der Waals surface area contributed by atoms with Crippen LogP contribution in [0.2, 0.25) is 0 Å². The van der Waals surface area contributed by atoms with Crippen LogP contribution in [-0.2, 0) is 20.9 Å². The van der Waals surface area contributed by atoms with Crippen molar-refractivity contribution in [1.29, 1.82) is 0 Å². The third kappa shape index (κ3) is 7.47. The normalized spacial score (nSPS) is 21.2. The van der Waals surface area contributed by atoms with Crippen molar-refractivity contribution >= 4 is 23.7 Å². The van der Waals surface area contributed by atoms with Gasteiger partial charge in [0, 0.05) is 44.8 Å². The number of benzene rings is 1. The minimum atomic E-state index is -1.00. The Balaban J connectivity index is 0.00000541. The summed E-state index contributed by atoms with van der Waals surface area (Å²) in [7, 11) is 0. The Morgan fingerprint density at radius 1 is 1.15 bits per heavy atom. The maximum Gasteiger partial charge on any atom is 0.511 e. The summed E-state index contributed by atoms with van der Waals surface area (Å²) in [6, 6.07) is 2.16. The van der Waals surface area contributed by atoms with Crippen molar-refractivity contribution in [3.05, 3.63) is 63.1 Å². The van der Waals surface area contributed by atoms with Crippen LogP contribution < -0.4 is 15.5 Å². The highest BCUT2D eigenvalue weighted by atomic mass is 19.1. The molecule has 1 aromatic heterocycles. The Kier molecular flexibility index (Phi) is 11.0. The summed E-state index contributed by atoms with van der Waals surface area (Å²) in [5.74, 6) is -3.50. The summed E-state index contributed by atoms with van der Waals surface area (Å²) in [5, 5.41) is 6.70. The molecule has 3 aliphatic heterocycles. The molecule has 2 bridgehead atoms. The number of aromatic nitrogens is 1. The highest BCUT2D eigenvalue weighted by molar-refractivity contribution is 5.99. The highest BCUT2D eigenvalue weighted by Crippen LogP contribution is 2.46. The van der Waals surface area contributed by atoms with Crippen LogP contribution in [0.5, 0.6) is 5.75 Å². The van der Waals surface area contributed by atoms with Crippen molar-refractivity contribution in [2.45, 2.75) is 103 Å². The number of nitrogens with zero attached hydrogens (tertiary/aromatic N) is 3. The lowest BCUT2D eigenvalue weighted by molar-refractivity contribution is -0.0658. The van der Waals surface area contributed by atoms with Gasteiger partial charge >= 0.3 is 6.16 Å². The summed E-state index contributed by atoms with van der Waals surface area (Å²) in [4.78, 5) is 61.3. The van der Waals surface area contributed by atoms with E-state index < -0.39 is 64.8 Å². The maximum atomic E-state index is 14.3. The summed E-state index contributed by atoms with van der Waals surface area (Å²) in [5.41, 5.74) is -1.55. The molecular formula is C34H44F2N4O8. The molecule has 2 aromatic rings. The molecule has 0 unspecified atom stereocenters. The summed E-state index contributed by atoms with van der Waals surface area (Å²) >= 11 is 0. The van der Waals surface area contributed by atoms with E-state index in [1.54, 1.807) is 4.90 Å². The molecule has 1 N–H and O–H groups in total. The number of carbonyl (C=O) groups excluding carboxylic acids is 3. The van der Waals surface area contributed by atoms with Crippen LogP contribution in [0.15, 0.2) is 34.3 Å². The number of pyridine rings is 1. The van der Waals surface area contributed by atoms with Gasteiger partial charge in [-0.25, -0.2) is 13.6 Å². The SMILES string of the molecule is CCCCCCCCOC(=O)OCOc1c2n(cc(C(=O)NCc3ccc(F)cc3F)c1=O)[C@@H]1CN(C2=O)[C@@H](C)CC[C@]12CC(C)=NO2.[HH]. The average molecular weight is 675 g/mol. The fourth-order valence-electron chi connectivity index (χ4n) is 6.56. The van der Waals surface area contributed by atoms with Crippen molar-refractivity contribution < 1.29 is 43.6 Å². The number of fused-ring (bicyclic) bond motifs is 5. The van der Waals surface area contributed by atoms with E-state index in [0.29, 0.717) is 31.7 Å². The van der Waals surface area contributed by atoms with Crippen molar-refractivity contribution in [2.24, 2.45) is 5.16 Å². The molecule has 0 aliphatic carbocycles. The molecule has 4 heterocycles. The zero-order valence-corrected chi connectivity index (χ0v) is 27.5. The lowest BCUT2D eigenvalue weighted by Gasteiger charge is -2.42. The van der Waals surface area contributed by atoms with E-state index in [-0.39, 0.29) is 38.4 Å². The van der Waals surface area contributed by atoms with Crippen molar-refractivity contribution in [2.75, 3.05) is 19.9 Å². The number of hydrogen-bond acceptors (Lipinski definition) is 9. The second-order valence-corrected chi connectivity index (χ2v) is 12.7. The van der Waals surface area contributed by atoms with E-state index in [0.717, 1.165) is 43.9 Å². The lowest BCUT2D eigenvalue weighted by Crippen LogP contribution is -2.52. The van der Waals surface area contributed by atoms with Gasteiger partial charge in [-0.15, -0.1) is 0 Å². The van der Waals surface area contributed by atoms with Gasteiger partial charge in [-0.05, 0) is 39.2 Å². The number of hydrogen-bond donors (Lipinski definition) is 1. The van der Waals surface area contributed by atoms with Crippen LogP contribution in [0, 0.1) is 11.6 Å². The van der Waals surface area contributed by atoms with Gasteiger partial charge in [-0.1, -0.05) is 50.2 Å². The van der Waals surface area contributed by atoms with Crippen LogP contribution in [0.3, 0.4) is 0 Å². The Labute approximate surface area is 278 Å². The fraction of sp³-hybridized carbons (Fsp3) is 0.559. The van der Waals surface area contributed by atoms with Crippen LogP contribution in [-0.4, -0.2) is 64.7 Å². The van der Waals surface area contributed by atoms with Gasteiger partial charge in [-0.3, -0.25) is 14.4 Å². The molecule has 3 atom stereocenters. The molecule has 5 rings (SSSR count). The first-order valence-corrected chi connectivity index (χ1v) is 16.5. The monoisotopic (exact) mass is 674 g/mol. The Hall–Kier alpha value is -4.49. The van der Waals surface area contributed by atoms with Crippen LogP contribution in [0.1, 0.15) is 112 Å². The summed E-state index contributed by atoms with van der Waals surface area (Å²) in [6.07, 6.45) is 7.91. The van der Waals surface area contributed by atoms with Gasteiger partial charge in [0.1, 0.15) is 17.2 Å². The molecule has 1 spiro atoms. The molecule has 12 nitrogen and oxygen atoms in total. The highest BCUT2D eigenvalue weighted by Gasteiger charge is 2.54. The van der Waals surface area contributed by atoms with Gasteiger partial charge in [-0.2, -0.15) is 0 Å². The first kappa shape index (κ1) is 34.8. The van der Waals surface area contributed by atoms with Gasteiger partial charge in [0.05, 0.1) is 18.4 Å². The molecule has 1 aromatic carbocycles. The Bertz CT molecular complexity index is 1640. The van der Waals surface area contributed by atoms with Gasteiger partial charge in [0.2, 0.25) is 18.0 Å². The number of carbonyl (C=O) groups is 3. The zero-order chi connectivity index (χ0) is 34.4. The van der Waals surface area contributed by atoms with E-state index in [9.17, 15) is 28.0 Å². The second-order valence-electron chi connectivity index (χ2n) is 12.7. The number of unbranched alkanes of at least 4 members (excludes halogenated alkanes) is 5. The predicted molar refractivity (Wildman–Crippen MR) is 172 cm³/mol. The molecular weight excluding hydrogens is 630 g/mol. The first-order valence-electron chi connectivity index (χ1n) is 16.5. The van der Waals surface area contributed by atoms with Crippen LogP contribution in [0.4, 0.5) is 13.6 Å². The third-order valence-electron chi connectivity index (χ3n) is 9.22. The number of amides is 2. The van der Waals surface area contributed by atoms with E-state index >= 15 is 0 Å². The molecule has 3 aliphatic rings. The predicted octanol–water partition coefficient (Wildman–Crippen LogP) is 5.87. The standard InChI is InChI=1S/C34H42F2N4O8.H2/c1-4-5-6-7-8-9-14-45-33(44)47-20-46-30-28-32(43)39-19-27(34(13-12-22(39)3)16-21(2)38-48-34)40(28)18-25(29(30)41)31(42)37-17-23-10-11-24(35)15-26(23)36;/h10-11,15,18,22,27H,4-9,12-14,16-17,19-20H2,1-3H3,(H,37,42);1H/t22-,27+,34-;/m0./s1. The van der Waals surface area contributed by atoms with Gasteiger partial charge in [0.15, 0.2) is 11.3 Å². The van der Waals surface area contributed by atoms with Crippen LogP contribution >= 0.6 is 0 Å². The largest absolute Gasteiger partial charge is 0.511 e. The molecule has 0 saturated carbocycles. The smallest absolute Gasteiger partial charge is 0.451 e. The zero-order valence-electron chi connectivity index (χ0n) is 27.5. The van der Waals surface area contributed by atoms with Crippen LogP contribution in [0.25, 0.3) is 0 Å².